The number of benzene rings is 4. The van der Waals surface area contributed by atoms with Crippen molar-refractivity contribution in [3.63, 3.8) is 0 Å². The van der Waals surface area contributed by atoms with Crippen molar-refractivity contribution in [2.75, 3.05) is 0 Å². The van der Waals surface area contributed by atoms with Crippen LogP contribution in [0.1, 0.15) is 96.9 Å². The van der Waals surface area contributed by atoms with Crippen LogP contribution in [0, 0.1) is 21.3 Å². The Morgan fingerprint density at radius 2 is 1.00 bits per heavy atom. The Labute approximate surface area is 317 Å². The van der Waals surface area contributed by atoms with Crippen LogP contribution in [0.25, 0.3) is 43.8 Å². The molecule has 0 spiro atoms. The topological polar surface area (TPSA) is 0 Å². The first-order valence-corrected chi connectivity index (χ1v) is 16.6. The Hall–Kier alpha value is -2.80. The summed E-state index contributed by atoms with van der Waals surface area (Å²) in [5.74, 6) is 0.573. The molecule has 0 saturated carbocycles. The maximum atomic E-state index is 3.49. The summed E-state index contributed by atoms with van der Waals surface area (Å²) in [4.78, 5) is 0. The quantitative estimate of drug-likeness (QED) is 0.126. The van der Waals surface area contributed by atoms with Crippen LogP contribution in [0.4, 0.5) is 0 Å². The average Bonchev–Trinajstić information content (AvgIpc) is 3.60. The normalized spacial score (nSPS) is 11.0. The molecular formula is C46H56SiZr. The van der Waals surface area contributed by atoms with Crippen molar-refractivity contribution >= 4 is 32.5 Å². The van der Waals surface area contributed by atoms with Gasteiger partial charge < -0.3 is 14.4 Å². The molecule has 0 aliphatic rings. The van der Waals surface area contributed by atoms with Crippen molar-refractivity contribution in [3.05, 3.63) is 146 Å². The summed E-state index contributed by atoms with van der Waals surface area (Å²) >= 11 is 0. The Bertz CT molecular complexity index is 1810. The summed E-state index contributed by atoms with van der Waals surface area (Å²) in [5.41, 5.74) is 11.2. The zero-order chi connectivity index (χ0) is 32.9. The predicted molar refractivity (Wildman–Crippen MR) is 214 cm³/mol. The largest absolute Gasteiger partial charge is 4.00 e. The molecule has 248 valence electrons. The molecule has 0 aromatic heterocycles. The zero-order valence-electron chi connectivity index (χ0n) is 31.4. The van der Waals surface area contributed by atoms with Crippen LogP contribution >= 0.6 is 0 Å². The van der Waals surface area contributed by atoms with Crippen LogP contribution in [-0.4, -0.2) is 11.0 Å². The van der Waals surface area contributed by atoms with E-state index in [-0.39, 0.29) is 55.4 Å². The molecule has 0 heterocycles. The van der Waals surface area contributed by atoms with Crippen LogP contribution < -0.4 is 0 Å². The van der Waals surface area contributed by atoms with E-state index in [0.717, 1.165) is 6.42 Å². The van der Waals surface area contributed by atoms with E-state index in [2.05, 4.69) is 178 Å². The molecule has 0 aliphatic heterocycles. The Morgan fingerprint density at radius 3 is 1.38 bits per heavy atom. The van der Waals surface area contributed by atoms with Gasteiger partial charge in [0.1, 0.15) is 0 Å². The molecule has 0 aliphatic carbocycles. The molecule has 0 fully saturated rings. The zero-order valence-corrected chi connectivity index (χ0v) is 34.8. The molecule has 6 rings (SSSR count). The van der Waals surface area contributed by atoms with Gasteiger partial charge in [0.25, 0.3) is 0 Å². The van der Waals surface area contributed by atoms with E-state index >= 15 is 0 Å². The summed E-state index contributed by atoms with van der Waals surface area (Å²) in [6, 6.07) is 40.4. The maximum Gasteiger partial charge on any atom is 4.00 e. The van der Waals surface area contributed by atoms with Gasteiger partial charge in [0.05, 0.1) is 0 Å². The van der Waals surface area contributed by atoms with Gasteiger partial charge in [-0.3, -0.25) is 0 Å². The van der Waals surface area contributed by atoms with Crippen LogP contribution in [0.2, 0.25) is 0 Å². The number of fused-ring (bicyclic) bond motifs is 2. The molecule has 2 heteroatoms. The summed E-state index contributed by atoms with van der Waals surface area (Å²) < 4.78 is 0. The second-order valence-corrected chi connectivity index (χ2v) is 14.7. The van der Waals surface area contributed by atoms with Gasteiger partial charge in [0.2, 0.25) is 0 Å². The first kappa shape index (κ1) is 43.2. The fourth-order valence-corrected chi connectivity index (χ4v) is 5.78. The third-order valence-corrected chi connectivity index (χ3v) is 8.46. The van der Waals surface area contributed by atoms with E-state index in [1.54, 1.807) is 0 Å². The SMILES string of the molecule is CC(C)c1cc2c(-c3ccc(C(C)(C)C)cc3)cccc2[cH-]1.Cc1cc2c(-c3ccc(C(C)(C)C)cc3)cccc2[cH-]1.[CH2-]CC.[CH3-].[Si].[Zr+4]. The van der Waals surface area contributed by atoms with Crippen LogP contribution in [0.3, 0.4) is 0 Å². The molecule has 0 amide bonds. The smallest absolute Gasteiger partial charge is 0.358 e. The molecule has 0 nitrogen and oxygen atoms in total. The summed E-state index contributed by atoms with van der Waals surface area (Å²) in [5, 5.41) is 5.41. The van der Waals surface area contributed by atoms with Crippen LogP contribution in [0.5, 0.6) is 0 Å². The minimum atomic E-state index is 0. The van der Waals surface area contributed by atoms with E-state index < -0.39 is 0 Å². The van der Waals surface area contributed by atoms with Gasteiger partial charge in [-0.25, -0.2) is 0 Å². The second-order valence-electron chi connectivity index (χ2n) is 14.7. The van der Waals surface area contributed by atoms with Crippen molar-refractivity contribution < 1.29 is 26.2 Å². The molecule has 6 aromatic carbocycles. The summed E-state index contributed by atoms with van der Waals surface area (Å²) in [6.45, 7) is 25.7. The molecule has 0 N–H and O–H groups in total. The van der Waals surface area contributed by atoms with E-state index in [9.17, 15) is 0 Å². The third-order valence-electron chi connectivity index (χ3n) is 8.46. The van der Waals surface area contributed by atoms with Gasteiger partial charge in [0.15, 0.2) is 0 Å². The van der Waals surface area contributed by atoms with E-state index in [1.165, 1.54) is 66.1 Å². The molecular weight excluding hydrogens is 672 g/mol. The van der Waals surface area contributed by atoms with E-state index in [1.807, 2.05) is 6.92 Å². The fraction of sp³-hybridized carbons (Fsp3) is 0.304. The summed E-state index contributed by atoms with van der Waals surface area (Å²) in [6.07, 6.45) is 1.00. The van der Waals surface area contributed by atoms with Crippen molar-refractivity contribution in [1.82, 2.24) is 0 Å². The maximum absolute atomic E-state index is 3.49. The molecule has 0 saturated heterocycles. The average molecular weight is 728 g/mol. The number of aryl methyl sites for hydroxylation is 1. The molecule has 4 radical (unpaired) electrons. The minimum absolute atomic E-state index is 0. The van der Waals surface area contributed by atoms with Crippen molar-refractivity contribution in [3.8, 4) is 22.3 Å². The minimum Gasteiger partial charge on any atom is -0.358 e. The molecule has 0 bridgehead atoms. The first-order chi connectivity index (χ1) is 21.2. The van der Waals surface area contributed by atoms with Gasteiger partial charge in [-0.15, -0.1) is 69.1 Å². The number of hydrogen-bond donors (Lipinski definition) is 0. The van der Waals surface area contributed by atoms with Gasteiger partial charge in [-0.2, -0.15) is 18.6 Å². The van der Waals surface area contributed by atoms with Gasteiger partial charge in [-0.1, -0.05) is 141 Å². The van der Waals surface area contributed by atoms with E-state index in [0.29, 0.717) is 5.92 Å². The number of hydrogen-bond acceptors (Lipinski definition) is 0. The predicted octanol–water partition coefficient (Wildman–Crippen LogP) is 13.8. The fourth-order valence-electron chi connectivity index (χ4n) is 5.78. The molecule has 0 atom stereocenters. The van der Waals surface area contributed by atoms with Gasteiger partial charge >= 0.3 is 26.2 Å². The third kappa shape index (κ3) is 10.6. The summed E-state index contributed by atoms with van der Waals surface area (Å²) in [7, 11) is 0. The Kier molecular flexibility index (Phi) is 16.4. The van der Waals surface area contributed by atoms with Crippen molar-refractivity contribution in [1.29, 1.82) is 0 Å². The molecule has 48 heavy (non-hydrogen) atoms. The van der Waals surface area contributed by atoms with Gasteiger partial charge in [0, 0.05) is 11.0 Å². The number of rotatable bonds is 3. The van der Waals surface area contributed by atoms with Crippen molar-refractivity contribution in [2.45, 2.75) is 92.4 Å². The standard InChI is InChI=1S/C22H25.C20H21.C3H7.CH3.Si.Zr/c1-15(2)18-13-17-7-6-8-20(21(17)14-18)16-9-11-19(12-10-16)22(3,4)5;1-14-12-16-6-5-7-18(19(16)13-14)15-8-10-17(11-9-15)20(2,3)4;1-3-2;;;/h6-15H,1-5H3;5-13H,1-4H3;1,3H2,2H3;1H3;;/q4*-1;;+4. The van der Waals surface area contributed by atoms with E-state index in [4.69, 9.17) is 0 Å². The Balaban J connectivity index is 0.000000421. The van der Waals surface area contributed by atoms with Crippen LogP contribution in [0.15, 0.2) is 109 Å². The molecule has 6 aromatic rings. The monoisotopic (exact) mass is 726 g/mol. The van der Waals surface area contributed by atoms with Crippen LogP contribution in [-0.2, 0) is 37.0 Å². The Morgan fingerprint density at radius 1 is 0.625 bits per heavy atom. The van der Waals surface area contributed by atoms with Crippen molar-refractivity contribution in [2.24, 2.45) is 0 Å². The molecule has 0 unspecified atom stereocenters. The first-order valence-electron chi connectivity index (χ1n) is 16.6. The van der Waals surface area contributed by atoms with Gasteiger partial charge in [-0.05, 0) is 39.0 Å². The second kappa shape index (κ2) is 18.3.